The van der Waals surface area contributed by atoms with E-state index in [1.54, 1.807) is 31.5 Å². The molecule has 0 aliphatic carbocycles. The number of carbonyl (C=O) groups excluding carboxylic acids is 1. The van der Waals surface area contributed by atoms with Crippen LogP contribution in [0.25, 0.3) is 0 Å². The number of carbonyl (C=O) groups is 1. The highest BCUT2D eigenvalue weighted by atomic mass is 16.5. The van der Waals surface area contributed by atoms with Crippen LogP contribution in [0.4, 0.5) is 0 Å². The number of para-hydroxylation sites is 2. The van der Waals surface area contributed by atoms with Crippen LogP contribution in [0.15, 0.2) is 84.0 Å². The Kier molecular flexibility index (Phi) is 7.23. The molecule has 6 heteroatoms. The van der Waals surface area contributed by atoms with Crippen LogP contribution in [0, 0.1) is 0 Å². The van der Waals surface area contributed by atoms with Gasteiger partial charge >= 0.3 is 0 Å². The summed E-state index contributed by atoms with van der Waals surface area (Å²) in [6, 6.07) is 24.5. The number of benzene rings is 3. The van der Waals surface area contributed by atoms with Gasteiger partial charge in [-0.15, -0.1) is 0 Å². The highest BCUT2D eigenvalue weighted by Crippen LogP contribution is 2.25. The minimum Gasteiger partial charge on any atom is -0.493 e. The second-order valence-electron chi connectivity index (χ2n) is 6.08. The maximum absolute atomic E-state index is 11.9. The van der Waals surface area contributed by atoms with Gasteiger partial charge in [0.25, 0.3) is 5.91 Å². The van der Waals surface area contributed by atoms with Crippen LogP contribution >= 0.6 is 0 Å². The normalized spacial score (nSPS) is 10.5. The number of methoxy groups -OCH3 is 1. The SMILES string of the molecule is COc1ccccc1OCC(=O)N/N=C\c1ccc(OCc2ccccc2)cc1. The summed E-state index contributed by atoms with van der Waals surface area (Å²) < 4.78 is 16.4. The lowest BCUT2D eigenvalue weighted by molar-refractivity contribution is -0.123. The average molecular weight is 390 g/mol. The molecule has 0 saturated carbocycles. The largest absolute Gasteiger partial charge is 0.493 e. The number of amides is 1. The van der Waals surface area contributed by atoms with E-state index in [4.69, 9.17) is 14.2 Å². The van der Waals surface area contributed by atoms with Crippen LogP contribution in [0.5, 0.6) is 17.2 Å². The van der Waals surface area contributed by atoms with E-state index in [2.05, 4.69) is 10.5 Å². The molecule has 0 bridgehead atoms. The molecule has 3 rings (SSSR count). The third-order valence-electron chi connectivity index (χ3n) is 3.96. The van der Waals surface area contributed by atoms with E-state index in [0.717, 1.165) is 16.9 Å². The number of nitrogens with one attached hydrogen (secondary N) is 1. The first-order valence-electron chi connectivity index (χ1n) is 9.09. The van der Waals surface area contributed by atoms with Crippen LogP contribution in [0.3, 0.4) is 0 Å². The van der Waals surface area contributed by atoms with Crippen molar-refractivity contribution in [2.45, 2.75) is 6.61 Å². The summed E-state index contributed by atoms with van der Waals surface area (Å²) in [4.78, 5) is 11.9. The smallest absolute Gasteiger partial charge is 0.277 e. The summed E-state index contributed by atoms with van der Waals surface area (Å²) in [5.41, 5.74) is 4.38. The summed E-state index contributed by atoms with van der Waals surface area (Å²) in [6.07, 6.45) is 1.56. The highest BCUT2D eigenvalue weighted by molar-refractivity contribution is 5.83. The van der Waals surface area contributed by atoms with Crippen LogP contribution in [0.1, 0.15) is 11.1 Å². The van der Waals surface area contributed by atoms with Crippen LogP contribution in [-0.2, 0) is 11.4 Å². The van der Waals surface area contributed by atoms with Crippen LogP contribution < -0.4 is 19.6 Å². The maximum atomic E-state index is 11.9. The number of rotatable bonds is 9. The molecule has 1 N–H and O–H groups in total. The molecule has 0 aromatic heterocycles. The van der Waals surface area contributed by atoms with Crippen molar-refractivity contribution in [2.75, 3.05) is 13.7 Å². The van der Waals surface area contributed by atoms with Crippen molar-refractivity contribution >= 4 is 12.1 Å². The first kappa shape index (κ1) is 19.9. The zero-order valence-electron chi connectivity index (χ0n) is 16.1. The Bertz CT molecular complexity index is 941. The van der Waals surface area contributed by atoms with Gasteiger partial charge in [-0.3, -0.25) is 4.79 Å². The Balaban J connectivity index is 1.43. The third-order valence-corrected chi connectivity index (χ3v) is 3.96. The standard InChI is InChI=1S/C23H22N2O4/c1-27-21-9-5-6-10-22(21)29-17-23(26)25-24-15-18-11-13-20(14-12-18)28-16-19-7-3-2-4-8-19/h2-15H,16-17H2,1H3,(H,25,26)/b24-15-. The molecule has 0 spiro atoms. The lowest BCUT2D eigenvalue weighted by atomic mass is 10.2. The Labute approximate surface area is 169 Å². The van der Waals surface area contributed by atoms with Crippen molar-refractivity contribution in [1.29, 1.82) is 0 Å². The second kappa shape index (κ2) is 10.5. The third kappa shape index (κ3) is 6.39. The molecule has 0 aliphatic rings. The maximum Gasteiger partial charge on any atom is 0.277 e. The molecular weight excluding hydrogens is 368 g/mol. The predicted molar refractivity (Wildman–Crippen MR) is 111 cm³/mol. The van der Waals surface area contributed by atoms with Crippen LogP contribution in [-0.4, -0.2) is 25.8 Å². The molecule has 29 heavy (non-hydrogen) atoms. The van der Waals surface area contributed by atoms with Gasteiger partial charge < -0.3 is 14.2 Å². The summed E-state index contributed by atoms with van der Waals surface area (Å²) in [5.74, 6) is 1.47. The lowest BCUT2D eigenvalue weighted by Crippen LogP contribution is -2.24. The molecule has 0 heterocycles. The highest BCUT2D eigenvalue weighted by Gasteiger charge is 2.05. The Morgan fingerprint density at radius 2 is 1.59 bits per heavy atom. The second-order valence-corrected chi connectivity index (χ2v) is 6.08. The molecular formula is C23H22N2O4. The number of ether oxygens (including phenoxy) is 3. The van der Waals surface area contributed by atoms with Crippen molar-refractivity contribution in [1.82, 2.24) is 5.43 Å². The number of hydrogen-bond acceptors (Lipinski definition) is 5. The van der Waals surface area contributed by atoms with E-state index in [-0.39, 0.29) is 12.5 Å². The summed E-state index contributed by atoms with van der Waals surface area (Å²) in [6.45, 7) is 0.348. The molecule has 3 aromatic rings. The minimum atomic E-state index is -0.366. The van der Waals surface area contributed by atoms with E-state index in [1.807, 2.05) is 60.7 Å². The first-order chi connectivity index (χ1) is 14.2. The van der Waals surface area contributed by atoms with Gasteiger partial charge in [0.2, 0.25) is 0 Å². The number of nitrogens with zero attached hydrogens (tertiary/aromatic N) is 1. The van der Waals surface area contributed by atoms with Crippen LogP contribution in [0.2, 0.25) is 0 Å². The van der Waals surface area contributed by atoms with E-state index in [9.17, 15) is 4.79 Å². The summed E-state index contributed by atoms with van der Waals surface area (Å²) in [7, 11) is 1.55. The average Bonchev–Trinajstić information content (AvgIpc) is 2.78. The molecule has 3 aromatic carbocycles. The van der Waals surface area contributed by atoms with Crippen molar-refractivity contribution in [3.05, 3.63) is 90.0 Å². The van der Waals surface area contributed by atoms with Gasteiger partial charge in [-0.25, -0.2) is 5.43 Å². The van der Waals surface area contributed by atoms with Gasteiger partial charge in [0.05, 0.1) is 13.3 Å². The van der Waals surface area contributed by atoms with E-state index in [0.29, 0.717) is 18.1 Å². The zero-order valence-corrected chi connectivity index (χ0v) is 16.1. The van der Waals surface area contributed by atoms with Gasteiger partial charge in [0, 0.05) is 0 Å². The van der Waals surface area contributed by atoms with E-state index in [1.165, 1.54) is 0 Å². The van der Waals surface area contributed by atoms with Crippen molar-refractivity contribution in [2.24, 2.45) is 5.10 Å². The molecule has 0 atom stereocenters. The monoisotopic (exact) mass is 390 g/mol. The fourth-order valence-electron chi connectivity index (χ4n) is 2.48. The van der Waals surface area contributed by atoms with Crippen molar-refractivity contribution in [3.63, 3.8) is 0 Å². The van der Waals surface area contributed by atoms with Gasteiger partial charge in [0.15, 0.2) is 18.1 Å². The quantitative estimate of drug-likeness (QED) is 0.446. The molecule has 148 valence electrons. The Morgan fingerprint density at radius 1 is 0.897 bits per heavy atom. The Morgan fingerprint density at radius 3 is 2.31 bits per heavy atom. The van der Waals surface area contributed by atoms with Crippen molar-refractivity contribution in [3.8, 4) is 17.2 Å². The summed E-state index contributed by atoms with van der Waals surface area (Å²) in [5, 5.41) is 3.94. The molecule has 6 nitrogen and oxygen atoms in total. The molecule has 1 amide bonds. The lowest BCUT2D eigenvalue weighted by Gasteiger charge is -2.09. The topological polar surface area (TPSA) is 69.2 Å². The fraction of sp³-hybridized carbons (Fsp3) is 0.130. The first-order valence-corrected chi connectivity index (χ1v) is 9.09. The molecule has 0 aliphatic heterocycles. The van der Waals surface area contributed by atoms with Gasteiger partial charge in [-0.05, 0) is 47.5 Å². The number of hydrazone groups is 1. The zero-order chi connectivity index (χ0) is 20.3. The fourth-order valence-corrected chi connectivity index (χ4v) is 2.48. The predicted octanol–water partition coefficient (Wildman–Crippen LogP) is 3.80. The number of hydrogen-bond donors (Lipinski definition) is 1. The minimum absolute atomic E-state index is 0.163. The molecule has 0 fully saturated rings. The van der Waals surface area contributed by atoms with E-state index >= 15 is 0 Å². The molecule has 0 radical (unpaired) electrons. The summed E-state index contributed by atoms with van der Waals surface area (Å²) >= 11 is 0. The van der Waals surface area contributed by atoms with E-state index < -0.39 is 0 Å². The molecule has 0 saturated heterocycles. The Hall–Kier alpha value is -3.80. The van der Waals surface area contributed by atoms with Gasteiger partial charge in [-0.1, -0.05) is 42.5 Å². The molecule has 0 unspecified atom stereocenters. The van der Waals surface area contributed by atoms with Gasteiger partial charge in [-0.2, -0.15) is 5.10 Å². The van der Waals surface area contributed by atoms with Crippen molar-refractivity contribution < 1.29 is 19.0 Å². The van der Waals surface area contributed by atoms with Gasteiger partial charge in [0.1, 0.15) is 12.4 Å².